The average molecular weight is 324 g/mol. The fourth-order valence-corrected chi connectivity index (χ4v) is 2.56. The first kappa shape index (κ1) is 15.9. The maximum atomic E-state index is 6.25. The highest BCUT2D eigenvalue weighted by atomic mass is 35.5. The third kappa shape index (κ3) is 3.80. The number of rotatable bonds is 5. The Kier molecular flexibility index (Phi) is 5.32. The van der Waals surface area contributed by atoms with E-state index in [-0.39, 0.29) is 0 Å². The highest BCUT2D eigenvalue weighted by Crippen LogP contribution is 2.33. The number of hydrogen-bond acceptors (Lipinski definition) is 3. The van der Waals surface area contributed by atoms with Crippen molar-refractivity contribution in [2.24, 2.45) is 0 Å². The molecule has 5 heteroatoms. The summed E-state index contributed by atoms with van der Waals surface area (Å²) in [4.78, 5) is 4.47. The van der Waals surface area contributed by atoms with Gasteiger partial charge in [-0.05, 0) is 30.5 Å². The van der Waals surface area contributed by atoms with Crippen LogP contribution in [0.3, 0.4) is 0 Å². The summed E-state index contributed by atoms with van der Waals surface area (Å²) < 4.78 is 0. The van der Waals surface area contributed by atoms with Crippen LogP contribution in [0.25, 0.3) is 0 Å². The first-order valence-electron chi connectivity index (χ1n) is 6.98. The number of pyridine rings is 1. The quantitative estimate of drug-likeness (QED) is 0.742. The van der Waals surface area contributed by atoms with Crippen LogP contribution in [0.4, 0.5) is 17.3 Å². The molecule has 0 aliphatic carbocycles. The molecule has 112 valence electrons. The van der Waals surface area contributed by atoms with E-state index in [1.807, 2.05) is 25.1 Å². The van der Waals surface area contributed by atoms with Gasteiger partial charge in [0.1, 0.15) is 5.82 Å². The van der Waals surface area contributed by atoms with E-state index in [4.69, 9.17) is 23.2 Å². The minimum Gasteiger partial charge on any atom is -0.369 e. The summed E-state index contributed by atoms with van der Waals surface area (Å²) in [5.74, 6) is 1.64. The van der Waals surface area contributed by atoms with Crippen molar-refractivity contribution in [2.45, 2.75) is 26.7 Å². The molecule has 0 radical (unpaired) electrons. The molecule has 0 unspecified atom stereocenters. The average Bonchev–Trinajstić information content (AvgIpc) is 2.44. The molecule has 2 N–H and O–H groups in total. The van der Waals surface area contributed by atoms with E-state index in [0.29, 0.717) is 27.6 Å². The molecule has 21 heavy (non-hydrogen) atoms. The highest BCUT2D eigenvalue weighted by molar-refractivity contribution is 6.37. The molecular formula is C16H19Cl2N3. The predicted molar refractivity (Wildman–Crippen MR) is 92.2 cm³/mol. The van der Waals surface area contributed by atoms with Crippen molar-refractivity contribution in [3.63, 3.8) is 0 Å². The molecule has 0 amide bonds. The Morgan fingerprint density at radius 1 is 1.10 bits per heavy atom. The molecule has 1 aromatic carbocycles. The maximum Gasteiger partial charge on any atom is 0.151 e. The number of nitrogens with one attached hydrogen (secondary N) is 2. The Labute approximate surface area is 135 Å². The van der Waals surface area contributed by atoms with Crippen molar-refractivity contribution < 1.29 is 0 Å². The summed E-state index contributed by atoms with van der Waals surface area (Å²) >= 11 is 12.4. The predicted octanol–water partition coefficient (Wildman–Crippen LogP) is 5.69. The van der Waals surface area contributed by atoms with Gasteiger partial charge in [0.05, 0.1) is 10.0 Å². The van der Waals surface area contributed by atoms with E-state index in [0.717, 1.165) is 12.2 Å². The van der Waals surface area contributed by atoms with Crippen molar-refractivity contribution in [2.75, 3.05) is 17.2 Å². The molecule has 3 nitrogen and oxygen atoms in total. The normalized spacial score (nSPS) is 10.8. The number of aromatic nitrogens is 1. The molecule has 0 saturated heterocycles. The zero-order valence-corrected chi connectivity index (χ0v) is 13.9. The molecular weight excluding hydrogens is 305 g/mol. The van der Waals surface area contributed by atoms with Crippen LogP contribution in [0.2, 0.25) is 10.0 Å². The van der Waals surface area contributed by atoms with E-state index in [9.17, 15) is 0 Å². The lowest BCUT2D eigenvalue weighted by Gasteiger charge is -2.16. The van der Waals surface area contributed by atoms with E-state index in [1.54, 1.807) is 6.07 Å². The second-order valence-electron chi connectivity index (χ2n) is 5.05. The Morgan fingerprint density at radius 3 is 2.43 bits per heavy atom. The molecule has 0 aliphatic rings. The zero-order chi connectivity index (χ0) is 15.4. The van der Waals surface area contributed by atoms with Crippen LogP contribution < -0.4 is 10.6 Å². The van der Waals surface area contributed by atoms with Crippen LogP contribution in [0.1, 0.15) is 32.3 Å². The third-order valence-corrected chi connectivity index (χ3v) is 3.69. The topological polar surface area (TPSA) is 37.0 Å². The Hall–Kier alpha value is -1.45. The number of para-hydroxylation sites is 1. The van der Waals surface area contributed by atoms with Gasteiger partial charge in [0.15, 0.2) is 5.82 Å². The summed E-state index contributed by atoms with van der Waals surface area (Å²) in [5.41, 5.74) is 2.22. The summed E-state index contributed by atoms with van der Waals surface area (Å²) in [6.45, 7) is 7.05. The number of anilines is 3. The minimum absolute atomic E-state index is 0.410. The summed E-state index contributed by atoms with van der Waals surface area (Å²) in [6.07, 6.45) is 0. The molecule has 2 aromatic rings. The van der Waals surface area contributed by atoms with Gasteiger partial charge in [0, 0.05) is 12.2 Å². The van der Waals surface area contributed by atoms with Crippen molar-refractivity contribution in [3.8, 4) is 0 Å². The van der Waals surface area contributed by atoms with Crippen LogP contribution in [0.5, 0.6) is 0 Å². The first-order valence-corrected chi connectivity index (χ1v) is 7.74. The Bertz CT molecular complexity index is 627. The number of nitrogens with zero attached hydrogens (tertiary/aromatic N) is 1. The van der Waals surface area contributed by atoms with Crippen molar-refractivity contribution in [3.05, 3.63) is 45.9 Å². The second-order valence-corrected chi connectivity index (χ2v) is 5.86. The summed E-state index contributed by atoms with van der Waals surface area (Å²) in [7, 11) is 0. The molecule has 0 fully saturated rings. The molecule has 1 heterocycles. The van der Waals surface area contributed by atoms with Crippen LogP contribution in [-0.4, -0.2) is 11.5 Å². The van der Waals surface area contributed by atoms with Gasteiger partial charge in [0.25, 0.3) is 0 Å². The second kappa shape index (κ2) is 7.01. The Morgan fingerprint density at radius 2 is 1.76 bits per heavy atom. The lowest BCUT2D eigenvalue weighted by Crippen LogP contribution is -2.04. The number of hydrogen-bond donors (Lipinski definition) is 2. The van der Waals surface area contributed by atoms with Gasteiger partial charge in [-0.3, -0.25) is 0 Å². The molecule has 0 aliphatic heterocycles. The lowest BCUT2D eigenvalue weighted by atomic mass is 10.0. The molecule has 0 spiro atoms. The fourth-order valence-electron chi connectivity index (χ4n) is 2.09. The van der Waals surface area contributed by atoms with Crippen LogP contribution in [-0.2, 0) is 0 Å². The monoisotopic (exact) mass is 323 g/mol. The van der Waals surface area contributed by atoms with Crippen LogP contribution in [0, 0.1) is 0 Å². The van der Waals surface area contributed by atoms with E-state index in [1.165, 1.54) is 5.56 Å². The van der Waals surface area contributed by atoms with Crippen LogP contribution in [0.15, 0.2) is 30.3 Å². The number of halogens is 2. The van der Waals surface area contributed by atoms with Gasteiger partial charge < -0.3 is 10.6 Å². The molecule has 2 rings (SSSR count). The molecule has 0 bridgehead atoms. The minimum atomic E-state index is 0.410. The summed E-state index contributed by atoms with van der Waals surface area (Å²) in [6, 6.07) is 9.84. The van der Waals surface area contributed by atoms with Gasteiger partial charge in [-0.1, -0.05) is 55.2 Å². The van der Waals surface area contributed by atoms with Crippen LogP contribution >= 0.6 is 23.2 Å². The van der Waals surface area contributed by atoms with E-state index < -0.39 is 0 Å². The summed E-state index contributed by atoms with van der Waals surface area (Å²) in [5, 5.41) is 7.45. The van der Waals surface area contributed by atoms with Gasteiger partial charge >= 0.3 is 0 Å². The molecule has 1 aromatic heterocycles. The Balaban J connectivity index is 2.38. The van der Waals surface area contributed by atoms with E-state index in [2.05, 4.69) is 35.5 Å². The van der Waals surface area contributed by atoms with Crippen molar-refractivity contribution >= 4 is 40.5 Å². The maximum absolute atomic E-state index is 6.25. The lowest BCUT2D eigenvalue weighted by molar-refractivity contribution is 0.869. The smallest absolute Gasteiger partial charge is 0.151 e. The first-order chi connectivity index (χ1) is 10.0. The van der Waals surface area contributed by atoms with Gasteiger partial charge in [-0.2, -0.15) is 0 Å². The standard InChI is InChI=1S/C16H19Cl2N3/c1-4-19-15-12(17)9-13(18)16(21-15)20-14-8-6-5-7-11(14)10(2)3/h5-10H,4H2,1-3H3,(H2,19,20,21). The highest BCUT2D eigenvalue weighted by Gasteiger charge is 2.12. The van der Waals surface area contributed by atoms with Crippen molar-refractivity contribution in [1.82, 2.24) is 4.98 Å². The SMILES string of the molecule is CCNc1nc(Nc2ccccc2C(C)C)c(Cl)cc1Cl. The van der Waals surface area contributed by atoms with Crippen molar-refractivity contribution in [1.29, 1.82) is 0 Å². The molecule has 0 saturated carbocycles. The fraction of sp³-hybridized carbons (Fsp3) is 0.312. The largest absolute Gasteiger partial charge is 0.369 e. The van der Waals surface area contributed by atoms with Gasteiger partial charge in [-0.25, -0.2) is 4.98 Å². The van der Waals surface area contributed by atoms with E-state index >= 15 is 0 Å². The molecule has 0 atom stereocenters. The van der Waals surface area contributed by atoms with Gasteiger partial charge in [0.2, 0.25) is 0 Å². The third-order valence-electron chi connectivity index (χ3n) is 3.11. The zero-order valence-electron chi connectivity index (χ0n) is 12.4. The van der Waals surface area contributed by atoms with Gasteiger partial charge in [-0.15, -0.1) is 0 Å². The number of benzene rings is 1.